The van der Waals surface area contributed by atoms with E-state index in [-0.39, 0.29) is 11.8 Å². The smallest absolute Gasteiger partial charge is 0.227 e. The number of carbonyl (C=O) groups excluding carboxylic acids is 1. The number of hydrogen-bond donors (Lipinski definition) is 2. The molecule has 3 heteroatoms. The van der Waals surface area contributed by atoms with E-state index < -0.39 is 5.60 Å². The second-order valence-corrected chi connectivity index (χ2v) is 5.79. The van der Waals surface area contributed by atoms with Gasteiger partial charge < -0.3 is 10.4 Å². The maximum atomic E-state index is 12.4. The SMILES string of the molecule is CCC(O)(CC)CNC(=O)C1CCCc2ccccc21. The highest BCUT2D eigenvalue weighted by molar-refractivity contribution is 5.84. The molecule has 2 N–H and O–H groups in total. The molecule has 0 spiro atoms. The molecule has 0 aliphatic heterocycles. The van der Waals surface area contributed by atoms with Gasteiger partial charge in [0.25, 0.3) is 0 Å². The van der Waals surface area contributed by atoms with Crippen LogP contribution in [0.25, 0.3) is 0 Å². The maximum Gasteiger partial charge on any atom is 0.227 e. The summed E-state index contributed by atoms with van der Waals surface area (Å²) in [6.45, 7) is 4.24. The summed E-state index contributed by atoms with van der Waals surface area (Å²) in [7, 11) is 0. The summed E-state index contributed by atoms with van der Waals surface area (Å²) in [6, 6.07) is 8.21. The van der Waals surface area contributed by atoms with E-state index in [1.54, 1.807) is 0 Å². The fraction of sp³-hybridized carbons (Fsp3) is 0.588. The molecule has 1 amide bonds. The van der Waals surface area contributed by atoms with Gasteiger partial charge in [-0.3, -0.25) is 4.79 Å². The predicted octanol–water partition coefficient (Wildman–Crippen LogP) is 2.77. The van der Waals surface area contributed by atoms with Gasteiger partial charge in [0.2, 0.25) is 5.91 Å². The van der Waals surface area contributed by atoms with Crippen molar-refractivity contribution in [2.24, 2.45) is 0 Å². The molecule has 1 aromatic carbocycles. The van der Waals surface area contributed by atoms with E-state index in [1.165, 1.54) is 5.56 Å². The Labute approximate surface area is 121 Å². The van der Waals surface area contributed by atoms with Crippen LogP contribution in [-0.2, 0) is 11.2 Å². The quantitative estimate of drug-likeness (QED) is 0.868. The van der Waals surface area contributed by atoms with E-state index >= 15 is 0 Å². The van der Waals surface area contributed by atoms with E-state index in [1.807, 2.05) is 26.0 Å². The highest BCUT2D eigenvalue weighted by Crippen LogP contribution is 2.31. The van der Waals surface area contributed by atoms with Crippen LogP contribution >= 0.6 is 0 Å². The Bertz CT molecular complexity index is 466. The molecule has 3 nitrogen and oxygen atoms in total. The molecule has 0 bridgehead atoms. The third-order valence-electron chi connectivity index (χ3n) is 4.59. The third-order valence-corrected chi connectivity index (χ3v) is 4.59. The molecule has 2 rings (SSSR count). The molecule has 0 radical (unpaired) electrons. The average Bonchev–Trinajstić information content (AvgIpc) is 2.51. The summed E-state index contributed by atoms with van der Waals surface area (Å²) in [5.74, 6) is -0.00427. The van der Waals surface area contributed by atoms with Crippen molar-refractivity contribution in [2.75, 3.05) is 6.54 Å². The number of fused-ring (bicyclic) bond motifs is 1. The van der Waals surface area contributed by atoms with Crippen LogP contribution in [0.2, 0.25) is 0 Å². The summed E-state index contributed by atoms with van der Waals surface area (Å²) in [4.78, 5) is 12.4. The Balaban J connectivity index is 2.04. The van der Waals surface area contributed by atoms with Crippen LogP contribution < -0.4 is 5.32 Å². The zero-order valence-corrected chi connectivity index (χ0v) is 12.5. The normalized spacial score (nSPS) is 18.4. The Morgan fingerprint density at radius 3 is 2.75 bits per heavy atom. The monoisotopic (exact) mass is 275 g/mol. The number of hydrogen-bond acceptors (Lipinski definition) is 2. The van der Waals surface area contributed by atoms with Gasteiger partial charge in [-0.2, -0.15) is 0 Å². The molecular weight excluding hydrogens is 250 g/mol. The molecule has 1 aromatic rings. The van der Waals surface area contributed by atoms with Crippen molar-refractivity contribution in [1.82, 2.24) is 5.32 Å². The molecule has 1 atom stereocenters. The molecule has 0 aromatic heterocycles. The van der Waals surface area contributed by atoms with Gasteiger partial charge in [0.15, 0.2) is 0 Å². The van der Waals surface area contributed by atoms with Crippen molar-refractivity contribution < 1.29 is 9.90 Å². The lowest BCUT2D eigenvalue weighted by atomic mass is 9.82. The Morgan fingerprint density at radius 1 is 1.35 bits per heavy atom. The molecule has 1 aliphatic rings. The molecule has 0 saturated heterocycles. The van der Waals surface area contributed by atoms with Gasteiger partial charge >= 0.3 is 0 Å². The van der Waals surface area contributed by atoms with Gasteiger partial charge in [-0.15, -0.1) is 0 Å². The van der Waals surface area contributed by atoms with Crippen molar-refractivity contribution in [3.8, 4) is 0 Å². The number of aryl methyl sites for hydroxylation is 1. The summed E-state index contributed by atoms with van der Waals surface area (Å²) in [6.07, 6.45) is 4.34. The lowest BCUT2D eigenvalue weighted by Gasteiger charge is -2.29. The zero-order chi connectivity index (χ0) is 14.6. The Hall–Kier alpha value is -1.35. The van der Waals surface area contributed by atoms with Crippen LogP contribution in [0.15, 0.2) is 24.3 Å². The standard InChI is InChI=1S/C17H25NO2/c1-3-17(20,4-2)12-18-16(19)15-11-7-9-13-8-5-6-10-14(13)15/h5-6,8,10,15,20H,3-4,7,9,11-12H2,1-2H3,(H,18,19). The van der Waals surface area contributed by atoms with Crippen LogP contribution in [0, 0.1) is 0 Å². The summed E-state index contributed by atoms with van der Waals surface area (Å²) < 4.78 is 0. The van der Waals surface area contributed by atoms with E-state index in [0.717, 1.165) is 24.8 Å². The minimum absolute atomic E-state index is 0.0532. The first-order valence-electron chi connectivity index (χ1n) is 7.67. The first kappa shape index (κ1) is 15.0. The minimum atomic E-state index is -0.774. The third kappa shape index (κ3) is 3.21. The minimum Gasteiger partial charge on any atom is -0.388 e. The van der Waals surface area contributed by atoms with Gasteiger partial charge in [0, 0.05) is 6.54 Å². The number of amides is 1. The van der Waals surface area contributed by atoms with Gasteiger partial charge in [0.1, 0.15) is 0 Å². The summed E-state index contributed by atoms with van der Waals surface area (Å²) in [5, 5.41) is 13.2. The average molecular weight is 275 g/mol. The van der Waals surface area contributed by atoms with Crippen molar-refractivity contribution in [1.29, 1.82) is 0 Å². The fourth-order valence-corrected chi connectivity index (χ4v) is 2.90. The molecule has 20 heavy (non-hydrogen) atoms. The molecule has 0 heterocycles. The maximum absolute atomic E-state index is 12.4. The highest BCUT2D eigenvalue weighted by Gasteiger charge is 2.28. The molecule has 0 saturated carbocycles. The van der Waals surface area contributed by atoms with Crippen LogP contribution in [0.5, 0.6) is 0 Å². The topological polar surface area (TPSA) is 49.3 Å². The Morgan fingerprint density at radius 2 is 2.05 bits per heavy atom. The van der Waals surface area contributed by atoms with Gasteiger partial charge in [0.05, 0.1) is 11.5 Å². The van der Waals surface area contributed by atoms with E-state index in [9.17, 15) is 9.90 Å². The first-order valence-corrected chi connectivity index (χ1v) is 7.67. The zero-order valence-electron chi connectivity index (χ0n) is 12.5. The van der Waals surface area contributed by atoms with E-state index in [4.69, 9.17) is 0 Å². The van der Waals surface area contributed by atoms with Crippen molar-refractivity contribution >= 4 is 5.91 Å². The number of nitrogens with one attached hydrogen (secondary N) is 1. The van der Waals surface area contributed by atoms with Crippen LogP contribution in [0.3, 0.4) is 0 Å². The second kappa shape index (κ2) is 6.40. The lowest BCUT2D eigenvalue weighted by molar-refractivity contribution is -0.124. The van der Waals surface area contributed by atoms with Crippen LogP contribution in [-0.4, -0.2) is 23.2 Å². The van der Waals surface area contributed by atoms with Crippen LogP contribution in [0.4, 0.5) is 0 Å². The lowest BCUT2D eigenvalue weighted by Crippen LogP contribution is -2.44. The van der Waals surface area contributed by atoms with Crippen LogP contribution in [0.1, 0.15) is 56.6 Å². The summed E-state index contributed by atoms with van der Waals surface area (Å²) in [5.41, 5.74) is 1.68. The van der Waals surface area contributed by atoms with Crippen molar-refractivity contribution in [2.45, 2.75) is 57.5 Å². The number of aliphatic hydroxyl groups is 1. The van der Waals surface area contributed by atoms with Gasteiger partial charge in [-0.1, -0.05) is 38.1 Å². The Kier molecular flexibility index (Phi) is 4.81. The molecular formula is C17H25NO2. The fourth-order valence-electron chi connectivity index (χ4n) is 2.90. The van der Waals surface area contributed by atoms with Crippen molar-refractivity contribution in [3.05, 3.63) is 35.4 Å². The molecule has 1 unspecified atom stereocenters. The van der Waals surface area contributed by atoms with E-state index in [0.29, 0.717) is 19.4 Å². The summed E-state index contributed by atoms with van der Waals surface area (Å²) >= 11 is 0. The largest absolute Gasteiger partial charge is 0.388 e. The predicted molar refractivity (Wildman–Crippen MR) is 80.7 cm³/mol. The second-order valence-electron chi connectivity index (χ2n) is 5.79. The molecule has 110 valence electrons. The number of carbonyl (C=O) groups is 1. The van der Waals surface area contributed by atoms with Gasteiger partial charge in [-0.25, -0.2) is 0 Å². The molecule has 1 aliphatic carbocycles. The highest BCUT2D eigenvalue weighted by atomic mass is 16.3. The number of benzene rings is 1. The van der Waals surface area contributed by atoms with Gasteiger partial charge in [-0.05, 0) is 43.2 Å². The number of rotatable bonds is 5. The van der Waals surface area contributed by atoms with Crippen molar-refractivity contribution in [3.63, 3.8) is 0 Å². The molecule has 0 fully saturated rings. The first-order chi connectivity index (χ1) is 9.59. The van der Waals surface area contributed by atoms with E-state index in [2.05, 4.69) is 17.4 Å².